The Labute approximate surface area is 53.0 Å². The van der Waals surface area contributed by atoms with E-state index in [-0.39, 0.29) is 0 Å². The van der Waals surface area contributed by atoms with E-state index in [2.05, 4.69) is 5.32 Å². The number of rotatable bonds is 1. The van der Waals surface area contributed by atoms with Gasteiger partial charge in [0, 0.05) is 11.8 Å². The minimum atomic E-state index is -0.662. The number of nitrogens with one attached hydrogen (secondary N) is 1. The van der Waals surface area contributed by atoms with E-state index in [1.807, 2.05) is 6.07 Å². The molecule has 3 N–H and O–H groups in total. The van der Waals surface area contributed by atoms with E-state index < -0.39 is 6.03 Å². The van der Waals surface area contributed by atoms with Crippen LogP contribution in [0.5, 0.6) is 0 Å². The van der Waals surface area contributed by atoms with Crippen molar-refractivity contribution in [1.82, 2.24) is 5.32 Å². The van der Waals surface area contributed by atoms with E-state index in [9.17, 15) is 4.79 Å². The lowest BCUT2D eigenvalue weighted by atomic mass is 10.4. The summed E-state index contributed by atoms with van der Waals surface area (Å²) in [6.07, 6.45) is 1.25. The number of nitrogens with two attached hydrogens (primary N) is 1. The Balaban J connectivity index is 3.74. The molecule has 0 aliphatic heterocycles. The molecule has 0 aromatic rings. The molecule has 0 fully saturated rings. The first-order valence-electron chi connectivity index (χ1n) is 2.29. The monoisotopic (exact) mass is 125 g/mol. The lowest BCUT2D eigenvalue weighted by Gasteiger charge is -1.88. The highest BCUT2D eigenvalue weighted by Gasteiger charge is 1.85. The average molecular weight is 125 g/mol. The van der Waals surface area contributed by atoms with E-state index in [4.69, 9.17) is 11.0 Å². The van der Waals surface area contributed by atoms with Crippen LogP contribution in [-0.2, 0) is 0 Å². The maximum absolute atomic E-state index is 9.98. The lowest BCUT2D eigenvalue weighted by Crippen LogP contribution is -2.24. The van der Waals surface area contributed by atoms with Crippen molar-refractivity contribution >= 4 is 6.03 Å². The summed E-state index contributed by atoms with van der Waals surface area (Å²) in [5.41, 5.74) is 5.10. The van der Waals surface area contributed by atoms with Gasteiger partial charge in [0.25, 0.3) is 0 Å². The molecule has 0 aliphatic carbocycles. The third-order valence-corrected chi connectivity index (χ3v) is 0.607. The number of carbonyl (C=O) groups excluding carboxylic acids is 1. The van der Waals surface area contributed by atoms with Crippen LogP contribution in [0.1, 0.15) is 6.92 Å². The average Bonchev–Trinajstić information content (AvgIpc) is 1.83. The number of allylic oxidation sites excluding steroid dienone is 1. The van der Waals surface area contributed by atoms with Crippen molar-refractivity contribution in [2.24, 2.45) is 5.73 Å². The predicted molar refractivity (Wildman–Crippen MR) is 32.1 cm³/mol. The molecule has 0 unspecified atom stereocenters. The highest BCUT2D eigenvalue weighted by atomic mass is 16.2. The third-order valence-electron chi connectivity index (χ3n) is 0.607. The molecule has 0 aromatic carbocycles. The molecule has 0 aromatic heterocycles. The second kappa shape index (κ2) is 3.50. The van der Waals surface area contributed by atoms with Gasteiger partial charge in [-0.1, -0.05) is 0 Å². The molecule has 4 nitrogen and oxygen atoms in total. The first kappa shape index (κ1) is 7.50. The third kappa shape index (κ3) is 4.35. The fourth-order valence-electron chi connectivity index (χ4n) is 0.212. The minimum Gasteiger partial charge on any atom is -0.351 e. The van der Waals surface area contributed by atoms with Gasteiger partial charge < -0.3 is 11.1 Å². The molecule has 0 radical (unpaired) electrons. The zero-order valence-electron chi connectivity index (χ0n) is 5.01. The number of hydrogen-bond acceptors (Lipinski definition) is 2. The zero-order chi connectivity index (χ0) is 7.28. The van der Waals surface area contributed by atoms with E-state index in [1.165, 1.54) is 6.20 Å². The highest BCUT2D eigenvalue weighted by Crippen LogP contribution is 1.82. The van der Waals surface area contributed by atoms with Gasteiger partial charge in [-0.25, -0.2) is 4.79 Å². The van der Waals surface area contributed by atoms with Crippen molar-refractivity contribution in [2.75, 3.05) is 0 Å². The predicted octanol–water partition coefficient (Wildman–Crippen LogP) is 0.0821. The van der Waals surface area contributed by atoms with Crippen molar-refractivity contribution in [1.29, 1.82) is 5.26 Å². The Morgan fingerprint density at radius 3 is 2.78 bits per heavy atom. The Hall–Kier alpha value is -1.50. The molecule has 0 aliphatic rings. The van der Waals surface area contributed by atoms with E-state index in [1.54, 1.807) is 6.92 Å². The minimum absolute atomic E-state index is 0.411. The smallest absolute Gasteiger partial charge is 0.316 e. The van der Waals surface area contributed by atoms with Gasteiger partial charge in [0.05, 0.1) is 6.07 Å². The molecule has 0 atom stereocenters. The van der Waals surface area contributed by atoms with Gasteiger partial charge in [-0.05, 0) is 6.92 Å². The van der Waals surface area contributed by atoms with Gasteiger partial charge in [-0.15, -0.1) is 0 Å². The molecule has 2 amide bonds. The van der Waals surface area contributed by atoms with Crippen LogP contribution in [0.25, 0.3) is 0 Å². The van der Waals surface area contributed by atoms with Gasteiger partial charge in [0.1, 0.15) is 0 Å². The van der Waals surface area contributed by atoms with Crippen molar-refractivity contribution in [3.63, 3.8) is 0 Å². The van der Waals surface area contributed by atoms with Gasteiger partial charge in [-0.3, -0.25) is 0 Å². The van der Waals surface area contributed by atoms with Crippen LogP contribution in [0.4, 0.5) is 4.79 Å². The summed E-state index contributed by atoms with van der Waals surface area (Å²) in [5, 5.41) is 10.3. The number of primary amides is 1. The van der Waals surface area contributed by atoms with Crippen molar-refractivity contribution in [3.8, 4) is 6.07 Å². The topological polar surface area (TPSA) is 78.9 Å². The fraction of sp³-hybridized carbons (Fsp3) is 0.200. The second-order valence-electron chi connectivity index (χ2n) is 1.45. The Morgan fingerprint density at radius 2 is 2.44 bits per heavy atom. The number of nitriles is 1. The van der Waals surface area contributed by atoms with Crippen LogP contribution in [-0.4, -0.2) is 6.03 Å². The van der Waals surface area contributed by atoms with Crippen LogP contribution >= 0.6 is 0 Å². The highest BCUT2D eigenvalue weighted by molar-refractivity contribution is 5.72. The lowest BCUT2D eigenvalue weighted by molar-refractivity contribution is 0.252. The van der Waals surface area contributed by atoms with E-state index in [0.717, 1.165) is 0 Å². The summed E-state index contributed by atoms with van der Waals surface area (Å²) >= 11 is 0. The first-order chi connectivity index (χ1) is 4.16. The van der Waals surface area contributed by atoms with Gasteiger partial charge in [0.15, 0.2) is 0 Å². The second-order valence-corrected chi connectivity index (χ2v) is 1.45. The first-order valence-corrected chi connectivity index (χ1v) is 2.29. The number of hydrogen-bond donors (Lipinski definition) is 2. The Morgan fingerprint density at radius 1 is 1.89 bits per heavy atom. The van der Waals surface area contributed by atoms with Crippen LogP contribution in [0, 0.1) is 11.3 Å². The van der Waals surface area contributed by atoms with Crippen molar-refractivity contribution < 1.29 is 4.79 Å². The molecule has 0 spiro atoms. The maximum Gasteiger partial charge on any atom is 0.316 e. The number of amides is 2. The SMILES string of the molecule is C/C(C#N)=C\NC(N)=O. The van der Waals surface area contributed by atoms with Crippen LogP contribution in [0.2, 0.25) is 0 Å². The van der Waals surface area contributed by atoms with Crippen LogP contribution < -0.4 is 11.1 Å². The normalized spacial score (nSPS) is 10.0. The molecule has 0 saturated heterocycles. The molecule has 0 heterocycles. The van der Waals surface area contributed by atoms with Gasteiger partial charge in [-0.2, -0.15) is 5.26 Å². The molecular weight excluding hydrogens is 118 g/mol. The molecule has 48 valence electrons. The Kier molecular flexibility index (Phi) is 2.91. The summed E-state index contributed by atoms with van der Waals surface area (Å²) in [5.74, 6) is 0. The quantitative estimate of drug-likeness (QED) is 0.487. The molecule has 9 heavy (non-hydrogen) atoms. The molecule has 4 heteroatoms. The number of carbonyl (C=O) groups is 1. The van der Waals surface area contributed by atoms with Crippen LogP contribution in [0.3, 0.4) is 0 Å². The van der Waals surface area contributed by atoms with Crippen molar-refractivity contribution in [2.45, 2.75) is 6.92 Å². The summed E-state index contributed by atoms with van der Waals surface area (Å²) in [6, 6.07) is 1.15. The largest absolute Gasteiger partial charge is 0.351 e. The molecule has 0 rings (SSSR count). The van der Waals surface area contributed by atoms with E-state index >= 15 is 0 Å². The van der Waals surface area contributed by atoms with E-state index in [0.29, 0.717) is 5.57 Å². The number of nitrogens with zero attached hydrogens (tertiary/aromatic N) is 1. The van der Waals surface area contributed by atoms with Crippen LogP contribution in [0.15, 0.2) is 11.8 Å². The number of urea groups is 1. The standard InChI is InChI=1S/C5H7N3O/c1-4(2-6)3-8-5(7)9/h3H,1H3,(H3,7,8,9)/b4-3+. The molecule has 0 saturated carbocycles. The molecular formula is C5H7N3O. The van der Waals surface area contributed by atoms with Crippen molar-refractivity contribution in [3.05, 3.63) is 11.8 Å². The van der Waals surface area contributed by atoms with Gasteiger partial charge in [0.2, 0.25) is 0 Å². The van der Waals surface area contributed by atoms with Gasteiger partial charge >= 0.3 is 6.03 Å². The summed E-state index contributed by atoms with van der Waals surface area (Å²) < 4.78 is 0. The molecule has 0 bridgehead atoms. The Bertz CT molecular complexity index is 177. The summed E-state index contributed by atoms with van der Waals surface area (Å²) in [6.45, 7) is 1.57. The summed E-state index contributed by atoms with van der Waals surface area (Å²) in [7, 11) is 0. The fourth-order valence-corrected chi connectivity index (χ4v) is 0.212. The zero-order valence-corrected chi connectivity index (χ0v) is 5.01. The summed E-state index contributed by atoms with van der Waals surface area (Å²) in [4.78, 5) is 9.98. The maximum atomic E-state index is 9.98.